The van der Waals surface area contributed by atoms with E-state index in [0.29, 0.717) is 11.3 Å². The minimum absolute atomic E-state index is 0.0106. The number of carbonyl (C=O) groups excluding carboxylic acids is 2. The lowest BCUT2D eigenvalue weighted by Gasteiger charge is -2.19. The zero-order chi connectivity index (χ0) is 16.7. The Labute approximate surface area is 138 Å². The number of pyridine rings is 1. The predicted octanol–water partition coefficient (Wildman–Crippen LogP) is 2.38. The third-order valence-electron chi connectivity index (χ3n) is 4.29. The zero-order valence-corrected chi connectivity index (χ0v) is 13.0. The molecule has 4 rings (SSSR count). The van der Waals surface area contributed by atoms with Gasteiger partial charge in [-0.2, -0.15) is 0 Å². The Hall–Kier alpha value is -2.76. The van der Waals surface area contributed by atoms with Crippen molar-refractivity contribution in [1.29, 1.82) is 0 Å². The Kier molecular flexibility index (Phi) is 3.52. The molecule has 0 saturated heterocycles. The smallest absolute Gasteiger partial charge is 0.360 e. The number of amides is 2. The fraction of sp³-hybridized carbons (Fsp3) is 0.333. The van der Waals surface area contributed by atoms with Crippen molar-refractivity contribution in [1.82, 2.24) is 4.98 Å². The standard InChI is InChI=1S/C18H16N2O4/c21-16(11-3-4-11)20(17(22)12-5-6-12)14-7-8-15(24-18(14)23)13-2-1-9-19-10-13/h1-2,7-12H,3-6H2. The fourth-order valence-electron chi connectivity index (χ4n) is 2.61. The molecule has 0 aliphatic heterocycles. The lowest BCUT2D eigenvalue weighted by Crippen LogP contribution is -2.41. The number of aromatic nitrogens is 1. The molecule has 122 valence electrons. The van der Waals surface area contributed by atoms with E-state index in [1.54, 1.807) is 30.6 Å². The van der Waals surface area contributed by atoms with Gasteiger partial charge in [-0.3, -0.25) is 14.6 Å². The number of rotatable bonds is 4. The van der Waals surface area contributed by atoms with Gasteiger partial charge in [-0.1, -0.05) is 0 Å². The molecule has 2 aliphatic carbocycles. The average Bonchev–Trinajstić information content (AvgIpc) is 3.50. The first-order valence-corrected chi connectivity index (χ1v) is 8.07. The van der Waals surface area contributed by atoms with E-state index in [4.69, 9.17) is 4.42 Å². The molecule has 0 spiro atoms. The molecule has 2 aromatic heterocycles. The highest BCUT2D eigenvalue weighted by Crippen LogP contribution is 2.37. The minimum atomic E-state index is -0.681. The number of nitrogens with zero attached hydrogens (tertiary/aromatic N) is 2. The maximum absolute atomic E-state index is 12.5. The molecule has 2 aromatic rings. The van der Waals surface area contributed by atoms with Crippen LogP contribution in [0, 0.1) is 11.8 Å². The SMILES string of the molecule is O=C(C1CC1)N(C(=O)C1CC1)c1ccc(-c2cccnc2)oc1=O. The normalized spacial score (nSPS) is 16.7. The Bertz CT molecular complexity index is 827. The van der Waals surface area contributed by atoms with Crippen LogP contribution in [0.1, 0.15) is 25.7 Å². The van der Waals surface area contributed by atoms with E-state index in [2.05, 4.69) is 4.98 Å². The second-order valence-electron chi connectivity index (χ2n) is 6.27. The van der Waals surface area contributed by atoms with Crippen molar-refractivity contribution in [2.24, 2.45) is 11.8 Å². The molecule has 0 radical (unpaired) electrons. The number of imide groups is 1. The third-order valence-corrected chi connectivity index (χ3v) is 4.29. The van der Waals surface area contributed by atoms with Gasteiger partial charge < -0.3 is 4.42 Å². The molecule has 6 nitrogen and oxygen atoms in total. The zero-order valence-electron chi connectivity index (χ0n) is 13.0. The fourth-order valence-corrected chi connectivity index (χ4v) is 2.61. The molecule has 0 unspecified atom stereocenters. The topological polar surface area (TPSA) is 80.5 Å². The number of hydrogen-bond donors (Lipinski definition) is 0. The van der Waals surface area contributed by atoms with Gasteiger partial charge in [-0.25, -0.2) is 9.69 Å². The van der Waals surface area contributed by atoms with E-state index in [1.165, 1.54) is 6.07 Å². The molecule has 24 heavy (non-hydrogen) atoms. The highest BCUT2D eigenvalue weighted by atomic mass is 16.4. The largest absolute Gasteiger partial charge is 0.421 e. The van der Waals surface area contributed by atoms with E-state index >= 15 is 0 Å². The molecule has 6 heteroatoms. The lowest BCUT2D eigenvalue weighted by atomic mass is 10.2. The Morgan fingerprint density at radius 2 is 1.71 bits per heavy atom. The molecule has 0 N–H and O–H groups in total. The average molecular weight is 324 g/mol. The van der Waals surface area contributed by atoms with Crippen molar-refractivity contribution in [2.45, 2.75) is 25.7 Å². The van der Waals surface area contributed by atoms with Crippen LogP contribution in [0.25, 0.3) is 11.3 Å². The molecular weight excluding hydrogens is 308 g/mol. The minimum Gasteiger partial charge on any atom is -0.421 e. The van der Waals surface area contributed by atoms with Crippen molar-refractivity contribution in [3.63, 3.8) is 0 Å². The molecule has 0 bridgehead atoms. The van der Waals surface area contributed by atoms with Crippen molar-refractivity contribution < 1.29 is 14.0 Å². The van der Waals surface area contributed by atoms with Crippen LogP contribution >= 0.6 is 0 Å². The summed E-state index contributed by atoms with van der Waals surface area (Å²) in [5.41, 5.74) is -0.00877. The van der Waals surface area contributed by atoms with E-state index in [-0.39, 0.29) is 29.3 Å². The molecule has 2 heterocycles. The molecule has 2 saturated carbocycles. The van der Waals surface area contributed by atoms with Crippen molar-refractivity contribution in [3.8, 4) is 11.3 Å². The second kappa shape index (κ2) is 5.70. The van der Waals surface area contributed by atoms with Crippen molar-refractivity contribution in [3.05, 3.63) is 47.1 Å². The maximum Gasteiger partial charge on any atom is 0.360 e. The van der Waals surface area contributed by atoms with Gasteiger partial charge in [0.25, 0.3) is 0 Å². The number of hydrogen-bond acceptors (Lipinski definition) is 5. The first kappa shape index (κ1) is 14.8. The Morgan fingerprint density at radius 3 is 2.21 bits per heavy atom. The van der Waals surface area contributed by atoms with Crippen LogP contribution in [0.5, 0.6) is 0 Å². The number of anilines is 1. The molecular formula is C18H16N2O4. The quantitative estimate of drug-likeness (QED) is 0.807. The van der Waals surface area contributed by atoms with E-state index < -0.39 is 5.63 Å². The summed E-state index contributed by atoms with van der Waals surface area (Å²) >= 11 is 0. The summed E-state index contributed by atoms with van der Waals surface area (Å²) in [7, 11) is 0. The van der Waals surface area contributed by atoms with E-state index in [0.717, 1.165) is 30.6 Å². The monoisotopic (exact) mass is 324 g/mol. The van der Waals surface area contributed by atoms with Crippen LogP contribution in [0.2, 0.25) is 0 Å². The van der Waals surface area contributed by atoms with Crippen LogP contribution in [-0.4, -0.2) is 16.8 Å². The molecule has 0 atom stereocenters. The summed E-state index contributed by atoms with van der Waals surface area (Å²) in [5, 5.41) is 0. The molecule has 2 aliphatic rings. The summed E-state index contributed by atoms with van der Waals surface area (Å²) in [6.07, 6.45) is 6.29. The first-order chi connectivity index (χ1) is 11.6. The van der Waals surface area contributed by atoms with Crippen molar-refractivity contribution >= 4 is 17.5 Å². The van der Waals surface area contributed by atoms with Crippen LogP contribution in [-0.2, 0) is 9.59 Å². The highest BCUT2D eigenvalue weighted by molar-refractivity contribution is 6.17. The summed E-state index contributed by atoms with van der Waals surface area (Å²) in [5.74, 6) is -0.508. The predicted molar refractivity (Wildman–Crippen MR) is 86.2 cm³/mol. The lowest BCUT2D eigenvalue weighted by molar-refractivity contribution is -0.127. The number of carbonyl (C=O) groups is 2. The summed E-state index contributed by atoms with van der Waals surface area (Å²) in [6.45, 7) is 0. The van der Waals surface area contributed by atoms with Crippen molar-refractivity contribution in [2.75, 3.05) is 4.90 Å². The van der Waals surface area contributed by atoms with Gasteiger partial charge in [0.1, 0.15) is 11.4 Å². The van der Waals surface area contributed by atoms with Gasteiger partial charge >= 0.3 is 5.63 Å². The van der Waals surface area contributed by atoms with Gasteiger partial charge in [-0.15, -0.1) is 0 Å². The van der Waals surface area contributed by atoms with Gasteiger partial charge in [0.05, 0.1) is 0 Å². The van der Waals surface area contributed by atoms with Crippen LogP contribution in [0.15, 0.2) is 45.9 Å². The van der Waals surface area contributed by atoms with Crippen LogP contribution in [0.4, 0.5) is 5.69 Å². The highest BCUT2D eigenvalue weighted by Gasteiger charge is 2.43. The van der Waals surface area contributed by atoms with E-state index in [9.17, 15) is 14.4 Å². The maximum atomic E-state index is 12.5. The summed E-state index contributed by atoms with van der Waals surface area (Å²) in [4.78, 5) is 42.5. The second-order valence-corrected chi connectivity index (χ2v) is 6.27. The molecule has 0 aromatic carbocycles. The van der Waals surface area contributed by atoms with E-state index in [1.807, 2.05) is 0 Å². The first-order valence-electron chi connectivity index (χ1n) is 8.07. The Balaban J connectivity index is 1.71. The summed E-state index contributed by atoms with van der Waals surface area (Å²) < 4.78 is 5.33. The van der Waals surface area contributed by atoms with Gasteiger partial charge in [-0.05, 0) is 49.9 Å². The summed E-state index contributed by atoms with van der Waals surface area (Å²) in [6, 6.07) is 6.60. The molecule has 2 fully saturated rings. The van der Waals surface area contributed by atoms with Crippen LogP contribution < -0.4 is 10.5 Å². The van der Waals surface area contributed by atoms with Gasteiger partial charge in [0.15, 0.2) is 0 Å². The van der Waals surface area contributed by atoms with Gasteiger partial charge in [0, 0.05) is 29.8 Å². The third kappa shape index (κ3) is 2.75. The van der Waals surface area contributed by atoms with Crippen LogP contribution in [0.3, 0.4) is 0 Å². The molecule has 2 amide bonds. The van der Waals surface area contributed by atoms with Gasteiger partial charge in [0.2, 0.25) is 11.8 Å². The Morgan fingerprint density at radius 1 is 1.04 bits per heavy atom.